The minimum atomic E-state index is -0.263. The Morgan fingerprint density at radius 3 is 1.59 bits per heavy atom. The van der Waals surface area contributed by atoms with Crippen molar-refractivity contribution in [1.29, 1.82) is 0 Å². The number of aromatic nitrogens is 2. The van der Waals surface area contributed by atoms with E-state index in [1.165, 1.54) is 66.8 Å². The van der Waals surface area contributed by atoms with Crippen molar-refractivity contribution >= 4 is 38.9 Å². The molecule has 81 heavy (non-hydrogen) atoms. The van der Waals surface area contributed by atoms with Gasteiger partial charge in [-0.2, -0.15) is 0 Å². The van der Waals surface area contributed by atoms with Crippen molar-refractivity contribution in [3.8, 4) is 28.4 Å². The van der Waals surface area contributed by atoms with E-state index in [0.29, 0.717) is 18.5 Å². The van der Waals surface area contributed by atoms with E-state index in [0.717, 1.165) is 50.6 Å². The van der Waals surface area contributed by atoms with Gasteiger partial charge in [0, 0.05) is 63.1 Å². The first kappa shape index (κ1) is 54.8. The maximum absolute atomic E-state index is 7.30. The van der Waals surface area contributed by atoms with Crippen molar-refractivity contribution in [2.45, 2.75) is 130 Å². The number of fused-ring (bicyclic) bond motifs is 3. The Hall–Kier alpha value is -8.15. The molecule has 1 aliphatic rings. The van der Waals surface area contributed by atoms with Crippen LogP contribution < -0.4 is 14.5 Å². The van der Waals surface area contributed by atoms with Gasteiger partial charge in [-0.3, -0.25) is 4.57 Å². The molecule has 410 valence electrons. The summed E-state index contributed by atoms with van der Waals surface area (Å²) in [5, 5.41) is 2.31. The molecular weight excluding hydrogens is 985 g/mol. The van der Waals surface area contributed by atoms with Gasteiger partial charge in [0.05, 0.1) is 23.4 Å². The Labute approximate surface area is 482 Å². The zero-order valence-electron chi connectivity index (χ0n) is 50.2. The van der Waals surface area contributed by atoms with Crippen LogP contribution in [0.2, 0.25) is 0 Å². The molecule has 0 N–H and O–H groups in total. The van der Waals surface area contributed by atoms with Crippen molar-refractivity contribution < 1.29 is 4.74 Å². The SMILES string of the molecule is CC(C)c1cccc(C(C)C)c1C1=CN(c2cc(C(C)(C)C)cc(C(C)(C)C)c2)CN1c1cc(Oc2ccc3c4cc(C(C)(C)c5ccccc5)ccc4n(-c4cc(C(C)(C)c5ccccc5)ccn4)c3c2)cc(-c2ccccc2)c1. The van der Waals surface area contributed by atoms with Crippen LogP contribution in [-0.4, -0.2) is 16.2 Å². The highest BCUT2D eigenvalue weighted by Gasteiger charge is 2.33. The van der Waals surface area contributed by atoms with Gasteiger partial charge in [0.25, 0.3) is 0 Å². The normalized spacial score (nSPS) is 13.5. The number of rotatable bonds is 13. The highest BCUT2D eigenvalue weighted by molar-refractivity contribution is 6.10. The average molecular weight is 1070 g/mol. The van der Waals surface area contributed by atoms with Crippen LogP contribution in [0.1, 0.15) is 159 Å². The average Bonchev–Trinajstić information content (AvgIpc) is 3.54. The lowest BCUT2D eigenvalue weighted by Crippen LogP contribution is -2.28. The van der Waals surface area contributed by atoms with Crippen LogP contribution in [0, 0.1) is 0 Å². The summed E-state index contributed by atoms with van der Waals surface area (Å²) in [5.74, 6) is 2.98. The van der Waals surface area contributed by atoms with Crippen LogP contribution in [0.3, 0.4) is 0 Å². The quantitative estimate of drug-likeness (QED) is 0.115. The lowest BCUT2D eigenvalue weighted by molar-refractivity contribution is 0.483. The first-order valence-corrected chi connectivity index (χ1v) is 29.2. The molecule has 0 bridgehead atoms. The summed E-state index contributed by atoms with van der Waals surface area (Å²) < 4.78 is 9.63. The summed E-state index contributed by atoms with van der Waals surface area (Å²) in [6, 6.07) is 71.3. The molecular formula is C76H80N4O. The lowest BCUT2D eigenvalue weighted by Gasteiger charge is -2.30. The van der Waals surface area contributed by atoms with Gasteiger partial charge in [0.2, 0.25) is 0 Å². The van der Waals surface area contributed by atoms with Crippen molar-refractivity contribution in [3.05, 3.63) is 257 Å². The molecule has 0 saturated carbocycles. The van der Waals surface area contributed by atoms with E-state index in [1.807, 2.05) is 6.20 Å². The van der Waals surface area contributed by atoms with Gasteiger partial charge in [0.1, 0.15) is 17.3 Å². The highest BCUT2D eigenvalue weighted by Crippen LogP contribution is 2.46. The third-order valence-corrected chi connectivity index (χ3v) is 17.2. The van der Waals surface area contributed by atoms with Crippen molar-refractivity contribution in [3.63, 3.8) is 0 Å². The minimum absolute atomic E-state index is 0.0350. The lowest BCUT2D eigenvalue weighted by atomic mass is 9.78. The molecule has 10 aromatic rings. The Morgan fingerprint density at radius 1 is 0.432 bits per heavy atom. The summed E-state index contributed by atoms with van der Waals surface area (Å²) in [6.45, 7) is 33.1. The number of benzene rings is 8. The van der Waals surface area contributed by atoms with Crippen LogP contribution in [0.5, 0.6) is 11.5 Å². The molecule has 11 rings (SSSR count). The molecule has 5 heteroatoms. The largest absolute Gasteiger partial charge is 0.457 e. The van der Waals surface area contributed by atoms with Gasteiger partial charge in [0.15, 0.2) is 0 Å². The number of anilines is 2. The maximum atomic E-state index is 7.30. The molecule has 0 unspecified atom stereocenters. The van der Waals surface area contributed by atoms with Crippen LogP contribution >= 0.6 is 0 Å². The maximum Gasteiger partial charge on any atom is 0.137 e. The fourth-order valence-electron chi connectivity index (χ4n) is 12.0. The molecule has 0 atom stereocenters. The van der Waals surface area contributed by atoms with Gasteiger partial charge in [-0.15, -0.1) is 0 Å². The fraction of sp³-hybridized carbons (Fsp3) is 0.276. The standard InChI is InChI=1S/C76H80N4O/c1-50(2)64-31-24-32-65(51(3)4)72(64)70-48-78(60-42-58(73(5,6)7)41-59(43-60)74(8,9)10)49-79(70)61-39-53(52-25-18-15-19-26-52)40-63(46-61)81-62-34-35-66-67-44-56(75(11,12)54-27-20-16-21-28-54)33-36-68(67)80(69(66)47-62)71-45-57(37-38-77-71)76(13,14)55-29-22-17-23-30-55/h15-48,50-51H,49H2,1-14H3. The van der Waals surface area contributed by atoms with Crippen LogP contribution in [0.15, 0.2) is 207 Å². The molecule has 0 aliphatic carbocycles. The molecule has 8 aromatic carbocycles. The second-order valence-electron chi connectivity index (χ2n) is 26.3. The molecule has 3 heterocycles. The third kappa shape index (κ3) is 10.6. The van der Waals surface area contributed by atoms with Crippen molar-refractivity contribution in [1.82, 2.24) is 9.55 Å². The van der Waals surface area contributed by atoms with E-state index >= 15 is 0 Å². The van der Waals surface area contributed by atoms with Crippen LogP contribution in [-0.2, 0) is 21.7 Å². The molecule has 0 fully saturated rings. The summed E-state index contributed by atoms with van der Waals surface area (Å²) in [6.07, 6.45) is 4.38. The number of pyridine rings is 1. The zero-order chi connectivity index (χ0) is 57.2. The van der Waals surface area contributed by atoms with Crippen LogP contribution in [0.4, 0.5) is 11.4 Å². The zero-order valence-corrected chi connectivity index (χ0v) is 50.2. The number of ether oxygens (including phenoxy) is 1. The summed E-state index contributed by atoms with van der Waals surface area (Å²) >= 11 is 0. The van der Waals surface area contributed by atoms with E-state index in [9.17, 15) is 0 Å². The fourth-order valence-corrected chi connectivity index (χ4v) is 12.0. The van der Waals surface area contributed by atoms with E-state index in [4.69, 9.17) is 9.72 Å². The predicted molar refractivity (Wildman–Crippen MR) is 344 cm³/mol. The monoisotopic (exact) mass is 1060 g/mol. The van der Waals surface area contributed by atoms with E-state index < -0.39 is 0 Å². The van der Waals surface area contributed by atoms with Gasteiger partial charge in [-0.25, -0.2) is 4.98 Å². The smallest absolute Gasteiger partial charge is 0.137 e. The molecule has 0 radical (unpaired) electrons. The minimum Gasteiger partial charge on any atom is -0.457 e. The van der Waals surface area contributed by atoms with Gasteiger partial charge < -0.3 is 14.5 Å². The first-order valence-electron chi connectivity index (χ1n) is 29.2. The second kappa shape index (κ2) is 21.1. The van der Waals surface area contributed by atoms with Gasteiger partial charge in [-0.05, 0) is 139 Å². The van der Waals surface area contributed by atoms with Gasteiger partial charge >= 0.3 is 0 Å². The summed E-state index contributed by atoms with van der Waals surface area (Å²) in [4.78, 5) is 10.2. The summed E-state index contributed by atoms with van der Waals surface area (Å²) in [7, 11) is 0. The Bertz CT molecular complexity index is 3900. The van der Waals surface area contributed by atoms with Gasteiger partial charge in [-0.1, -0.05) is 218 Å². The van der Waals surface area contributed by atoms with Crippen molar-refractivity contribution in [2.75, 3.05) is 16.5 Å². The molecule has 0 spiro atoms. The van der Waals surface area contributed by atoms with Crippen LogP contribution in [0.25, 0.3) is 44.4 Å². The Balaban J connectivity index is 1.08. The van der Waals surface area contributed by atoms with E-state index in [-0.39, 0.29) is 21.7 Å². The molecule has 2 aromatic heterocycles. The van der Waals surface area contributed by atoms with E-state index in [1.54, 1.807) is 0 Å². The third-order valence-electron chi connectivity index (χ3n) is 17.2. The molecule has 0 amide bonds. The number of hydrogen-bond donors (Lipinski definition) is 0. The molecule has 0 saturated heterocycles. The predicted octanol–water partition coefficient (Wildman–Crippen LogP) is 20.4. The molecule has 5 nitrogen and oxygen atoms in total. The second-order valence-corrected chi connectivity index (χ2v) is 26.3. The highest BCUT2D eigenvalue weighted by atomic mass is 16.5. The van der Waals surface area contributed by atoms with Crippen molar-refractivity contribution in [2.24, 2.45) is 0 Å². The topological polar surface area (TPSA) is 33.5 Å². The first-order chi connectivity index (χ1) is 38.6. The molecule has 1 aliphatic heterocycles. The number of hydrogen-bond acceptors (Lipinski definition) is 4. The van der Waals surface area contributed by atoms with E-state index in [2.05, 4.69) is 312 Å². The summed E-state index contributed by atoms with van der Waals surface area (Å²) in [5.41, 5.74) is 18.8. The Kier molecular flexibility index (Phi) is 14.2. The number of nitrogens with zero attached hydrogens (tertiary/aromatic N) is 4. The Morgan fingerprint density at radius 2 is 1.01 bits per heavy atom.